The Morgan fingerprint density at radius 2 is 1.84 bits per heavy atom. The number of carbonyl (C=O) groups excluding carboxylic acids is 1. The molecular weight excluding hydrogens is 244 g/mol. The third-order valence-corrected chi connectivity index (χ3v) is 4.65. The molecule has 1 saturated heterocycles. The predicted octanol–water partition coefficient (Wildman–Crippen LogP) is 2.17. The Hall–Kier alpha value is -1.26. The van der Waals surface area contributed by atoms with Gasteiger partial charge in [-0.05, 0) is 31.6 Å². The second-order valence-electron chi connectivity index (χ2n) is 5.91. The lowest BCUT2D eigenvalue weighted by atomic mass is 9.85. The van der Waals surface area contributed by atoms with Crippen LogP contribution in [0.4, 0.5) is 4.79 Å². The molecule has 108 valence electrons. The van der Waals surface area contributed by atoms with Gasteiger partial charge >= 0.3 is 12.0 Å². The third-order valence-electron chi connectivity index (χ3n) is 4.65. The second-order valence-corrected chi connectivity index (χ2v) is 5.91. The van der Waals surface area contributed by atoms with Crippen LogP contribution < -0.4 is 0 Å². The van der Waals surface area contributed by atoms with Gasteiger partial charge in [0.2, 0.25) is 0 Å². The van der Waals surface area contributed by atoms with Gasteiger partial charge in [0.1, 0.15) is 6.04 Å². The molecule has 2 aliphatic rings. The van der Waals surface area contributed by atoms with Crippen molar-refractivity contribution >= 4 is 12.0 Å². The summed E-state index contributed by atoms with van der Waals surface area (Å²) in [4.78, 5) is 27.0. The Balaban J connectivity index is 2.03. The fourth-order valence-electron chi connectivity index (χ4n) is 3.47. The summed E-state index contributed by atoms with van der Waals surface area (Å²) >= 11 is 0. The zero-order valence-electron chi connectivity index (χ0n) is 11.8. The van der Waals surface area contributed by atoms with Crippen LogP contribution in [0.15, 0.2) is 0 Å². The lowest BCUT2D eigenvalue weighted by Crippen LogP contribution is -2.51. The molecule has 2 fully saturated rings. The Kier molecular flexibility index (Phi) is 4.32. The number of aliphatic carboxylic acids is 1. The molecule has 0 aromatic heterocycles. The summed E-state index contributed by atoms with van der Waals surface area (Å²) in [6, 6.07) is -0.478. The van der Waals surface area contributed by atoms with Gasteiger partial charge in [0.25, 0.3) is 0 Å². The van der Waals surface area contributed by atoms with E-state index in [0.29, 0.717) is 18.9 Å². The Bertz CT molecular complexity index is 359. The van der Waals surface area contributed by atoms with Crippen molar-refractivity contribution in [1.82, 2.24) is 9.80 Å². The summed E-state index contributed by atoms with van der Waals surface area (Å²) in [6.45, 7) is 2.76. The van der Waals surface area contributed by atoms with E-state index in [1.54, 1.807) is 4.90 Å². The van der Waals surface area contributed by atoms with Gasteiger partial charge in [-0.15, -0.1) is 0 Å². The monoisotopic (exact) mass is 268 g/mol. The lowest BCUT2D eigenvalue weighted by molar-refractivity contribution is -0.141. The normalized spacial score (nSPS) is 31.3. The molecule has 0 bridgehead atoms. The number of hydrogen-bond acceptors (Lipinski definition) is 2. The van der Waals surface area contributed by atoms with E-state index >= 15 is 0 Å². The number of carboxylic acid groups (broad SMARTS) is 1. The molecule has 2 amide bonds. The van der Waals surface area contributed by atoms with Crippen LogP contribution in [0.2, 0.25) is 0 Å². The Labute approximate surface area is 114 Å². The van der Waals surface area contributed by atoms with Gasteiger partial charge in [-0.25, -0.2) is 9.59 Å². The third kappa shape index (κ3) is 2.85. The quantitative estimate of drug-likeness (QED) is 0.835. The first-order valence-electron chi connectivity index (χ1n) is 7.28. The summed E-state index contributed by atoms with van der Waals surface area (Å²) in [5.41, 5.74) is 0. The van der Waals surface area contributed by atoms with E-state index in [9.17, 15) is 9.59 Å². The van der Waals surface area contributed by atoms with Crippen LogP contribution in [-0.2, 0) is 4.79 Å². The minimum absolute atomic E-state index is 0.108. The van der Waals surface area contributed by atoms with Crippen molar-refractivity contribution in [3.63, 3.8) is 0 Å². The summed E-state index contributed by atoms with van der Waals surface area (Å²) in [5, 5.41) is 9.16. The highest BCUT2D eigenvalue weighted by atomic mass is 16.4. The maximum absolute atomic E-state index is 12.5. The largest absolute Gasteiger partial charge is 0.480 e. The van der Waals surface area contributed by atoms with Gasteiger partial charge in [0, 0.05) is 19.6 Å². The van der Waals surface area contributed by atoms with Crippen molar-refractivity contribution in [2.24, 2.45) is 5.92 Å². The molecule has 3 atom stereocenters. The molecule has 5 heteroatoms. The number of hydrogen-bond donors (Lipinski definition) is 1. The number of nitrogens with zero attached hydrogens (tertiary/aromatic N) is 2. The van der Waals surface area contributed by atoms with Gasteiger partial charge in [0.15, 0.2) is 0 Å². The Morgan fingerprint density at radius 1 is 1.16 bits per heavy atom. The smallest absolute Gasteiger partial charge is 0.326 e. The van der Waals surface area contributed by atoms with E-state index in [1.165, 1.54) is 11.3 Å². The highest BCUT2D eigenvalue weighted by Gasteiger charge is 2.38. The van der Waals surface area contributed by atoms with Crippen molar-refractivity contribution in [1.29, 1.82) is 0 Å². The van der Waals surface area contributed by atoms with Crippen molar-refractivity contribution in [3.05, 3.63) is 0 Å². The van der Waals surface area contributed by atoms with Crippen molar-refractivity contribution < 1.29 is 14.7 Å². The van der Waals surface area contributed by atoms with Crippen molar-refractivity contribution in [3.8, 4) is 0 Å². The lowest BCUT2D eigenvalue weighted by Gasteiger charge is -2.38. The van der Waals surface area contributed by atoms with Gasteiger partial charge in [-0.3, -0.25) is 0 Å². The zero-order chi connectivity index (χ0) is 14.0. The number of urea groups is 1. The summed E-state index contributed by atoms with van der Waals surface area (Å²) in [7, 11) is 1.83. The minimum atomic E-state index is -0.879. The van der Waals surface area contributed by atoms with Crippen LogP contribution in [0, 0.1) is 5.92 Å². The first-order valence-corrected chi connectivity index (χ1v) is 7.28. The molecule has 1 aliphatic carbocycles. The van der Waals surface area contributed by atoms with Crippen molar-refractivity contribution in [2.45, 2.75) is 57.5 Å². The maximum Gasteiger partial charge on any atom is 0.326 e. The van der Waals surface area contributed by atoms with Gasteiger partial charge in [-0.1, -0.05) is 19.8 Å². The molecule has 1 aliphatic heterocycles. The van der Waals surface area contributed by atoms with E-state index < -0.39 is 12.0 Å². The number of likely N-dealkylation sites (tertiary alicyclic amines) is 1. The van der Waals surface area contributed by atoms with Gasteiger partial charge < -0.3 is 14.9 Å². The fraction of sp³-hybridized carbons (Fsp3) is 0.857. The molecule has 2 rings (SSSR count). The molecule has 1 saturated carbocycles. The number of amides is 2. The van der Waals surface area contributed by atoms with E-state index in [2.05, 4.69) is 6.92 Å². The van der Waals surface area contributed by atoms with Crippen LogP contribution in [0.1, 0.15) is 45.4 Å². The minimum Gasteiger partial charge on any atom is -0.480 e. The first-order chi connectivity index (χ1) is 9.02. The van der Waals surface area contributed by atoms with E-state index in [0.717, 1.165) is 25.7 Å². The van der Waals surface area contributed by atoms with Crippen LogP contribution in [0.5, 0.6) is 0 Å². The van der Waals surface area contributed by atoms with Crippen LogP contribution in [-0.4, -0.2) is 52.6 Å². The standard InChI is InChI=1S/C14H24N2O3/c1-10-6-3-4-7-11(10)15(2)14(19)16-9-5-8-12(16)13(17)18/h10-12H,3-9H2,1-2H3,(H,17,18)/t10?,11?,12-/m1/s1. The van der Waals surface area contributed by atoms with Gasteiger partial charge in [-0.2, -0.15) is 0 Å². The molecule has 0 spiro atoms. The number of carboxylic acids is 1. The summed E-state index contributed by atoms with van der Waals surface area (Å²) in [6.07, 6.45) is 5.96. The topological polar surface area (TPSA) is 60.9 Å². The van der Waals surface area contributed by atoms with E-state index in [4.69, 9.17) is 5.11 Å². The average Bonchev–Trinajstić information content (AvgIpc) is 2.87. The number of rotatable bonds is 2. The molecule has 0 radical (unpaired) electrons. The van der Waals surface area contributed by atoms with Crippen molar-refractivity contribution in [2.75, 3.05) is 13.6 Å². The molecule has 19 heavy (non-hydrogen) atoms. The van der Waals surface area contributed by atoms with E-state index in [1.807, 2.05) is 7.05 Å². The predicted molar refractivity (Wildman–Crippen MR) is 71.9 cm³/mol. The molecule has 1 N–H and O–H groups in total. The van der Waals surface area contributed by atoms with Gasteiger partial charge in [0.05, 0.1) is 0 Å². The summed E-state index contributed by atoms with van der Waals surface area (Å²) in [5.74, 6) is -0.371. The fourth-order valence-corrected chi connectivity index (χ4v) is 3.47. The highest BCUT2D eigenvalue weighted by molar-refractivity contribution is 5.83. The Morgan fingerprint density at radius 3 is 2.47 bits per heavy atom. The second kappa shape index (κ2) is 5.80. The molecule has 2 unspecified atom stereocenters. The molecule has 5 nitrogen and oxygen atoms in total. The first kappa shape index (κ1) is 14.2. The molecule has 0 aromatic carbocycles. The average molecular weight is 268 g/mol. The molecule has 1 heterocycles. The molecular formula is C14H24N2O3. The van der Waals surface area contributed by atoms with Crippen LogP contribution in [0.25, 0.3) is 0 Å². The van der Waals surface area contributed by atoms with Crippen LogP contribution in [0.3, 0.4) is 0 Å². The number of carbonyl (C=O) groups is 2. The van der Waals surface area contributed by atoms with Crippen LogP contribution >= 0.6 is 0 Å². The highest BCUT2D eigenvalue weighted by Crippen LogP contribution is 2.29. The molecule has 0 aromatic rings. The summed E-state index contributed by atoms with van der Waals surface area (Å²) < 4.78 is 0. The maximum atomic E-state index is 12.5. The SMILES string of the molecule is CC1CCCCC1N(C)C(=O)N1CCC[C@@H]1C(=O)O. The van der Waals surface area contributed by atoms with E-state index in [-0.39, 0.29) is 12.1 Å². The zero-order valence-corrected chi connectivity index (χ0v) is 11.8.